The number of hydrogen-bond acceptors (Lipinski definition) is 6. The van der Waals surface area contributed by atoms with Gasteiger partial charge in [-0.3, -0.25) is 0 Å². The molecule has 1 aromatic heterocycles. The molecule has 0 unspecified atom stereocenters. The highest BCUT2D eigenvalue weighted by Crippen LogP contribution is 2.41. The van der Waals surface area contributed by atoms with E-state index in [4.69, 9.17) is 9.47 Å². The molecule has 1 fully saturated rings. The lowest BCUT2D eigenvalue weighted by Crippen LogP contribution is -2.33. The third-order valence-electron chi connectivity index (χ3n) is 5.23. The summed E-state index contributed by atoms with van der Waals surface area (Å²) in [5, 5.41) is 18.8. The summed E-state index contributed by atoms with van der Waals surface area (Å²) in [6.07, 6.45) is 4.93. The van der Waals surface area contributed by atoms with Gasteiger partial charge in [0.15, 0.2) is 0 Å². The molecule has 0 bridgehead atoms. The number of para-hydroxylation sites is 2. The highest BCUT2D eigenvalue weighted by Gasteiger charge is 2.35. The first-order valence-corrected chi connectivity index (χ1v) is 10.1. The summed E-state index contributed by atoms with van der Waals surface area (Å²) in [5.41, 5.74) is 2.30. The fourth-order valence-corrected chi connectivity index (χ4v) is 3.66. The van der Waals surface area contributed by atoms with Crippen LogP contribution in [0.5, 0.6) is 5.75 Å². The van der Waals surface area contributed by atoms with Gasteiger partial charge in [-0.1, -0.05) is 47.7 Å². The van der Waals surface area contributed by atoms with Gasteiger partial charge in [-0.05, 0) is 38.0 Å². The Kier molecular flexibility index (Phi) is 6.21. The van der Waals surface area contributed by atoms with Crippen molar-refractivity contribution in [1.29, 1.82) is 0 Å². The van der Waals surface area contributed by atoms with Crippen LogP contribution in [0.3, 0.4) is 0 Å². The minimum Gasteiger partial charge on any atom is -0.508 e. The lowest BCUT2D eigenvalue weighted by atomic mass is 9.91. The Balaban J connectivity index is 1.55. The first-order valence-electron chi connectivity index (χ1n) is 10.1. The van der Waals surface area contributed by atoms with Crippen LogP contribution in [0.2, 0.25) is 0 Å². The number of fused-ring (bicyclic) bond motifs is 1. The smallest absolute Gasteiger partial charge is 0.262 e. The van der Waals surface area contributed by atoms with E-state index in [1.54, 1.807) is 23.7 Å². The normalized spacial score (nSPS) is 22.0. The standard InChI is InChI=1S/C23H25N3O4/c1-16(27)9-3-2-4-10-17-15-29-23(26-20-13-7-6-12-19(20)24-25-26)30-22(17)18-11-5-8-14-21(18)28/h2,4-8,11-14,17,22-23,28H,3,9-10,15H2,1H3/b4-2-/t17-,22+,23+/m1/s1. The van der Waals surface area contributed by atoms with E-state index in [1.165, 1.54) is 0 Å². The highest BCUT2D eigenvalue weighted by molar-refractivity contribution is 5.75. The van der Waals surface area contributed by atoms with Crippen molar-refractivity contribution in [3.05, 3.63) is 66.2 Å². The zero-order chi connectivity index (χ0) is 20.9. The van der Waals surface area contributed by atoms with Crippen LogP contribution in [0.25, 0.3) is 11.0 Å². The maximum absolute atomic E-state index is 11.1. The summed E-state index contributed by atoms with van der Waals surface area (Å²) >= 11 is 0. The van der Waals surface area contributed by atoms with Gasteiger partial charge in [0.25, 0.3) is 6.41 Å². The predicted octanol–water partition coefficient (Wildman–Crippen LogP) is 4.31. The van der Waals surface area contributed by atoms with Crippen LogP contribution >= 0.6 is 0 Å². The number of aromatic hydroxyl groups is 1. The number of phenols is 1. The Morgan fingerprint density at radius 1 is 1.20 bits per heavy atom. The van der Waals surface area contributed by atoms with E-state index >= 15 is 0 Å². The Morgan fingerprint density at radius 2 is 2.00 bits per heavy atom. The van der Waals surface area contributed by atoms with Crippen LogP contribution in [-0.4, -0.2) is 32.5 Å². The van der Waals surface area contributed by atoms with E-state index in [0.717, 1.165) is 23.0 Å². The van der Waals surface area contributed by atoms with Crippen molar-refractivity contribution in [2.75, 3.05) is 6.61 Å². The second-order valence-corrected chi connectivity index (χ2v) is 7.49. The summed E-state index contributed by atoms with van der Waals surface area (Å²) < 4.78 is 13.9. The van der Waals surface area contributed by atoms with Crippen LogP contribution in [0.15, 0.2) is 60.7 Å². The van der Waals surface area contributed by atoms with Crippen molar-refractivity contribution in [3.63, 3.8) is 0 Å². The lowest BCUT2D eigenvalue weighted by Gasteiger charge is -2.36. The largest absolute Gasteiger partial charge is 0.508 e. The third kappa shape index (κ3) is 4.42. The van der Waals surface area contributed by atoms with E-state index in [2.05, 4.69) is 16.4 Å². The topological polar surface area (TPSA) is 86.5 Å². The Bertz CT molecular complexity index is 1050. The molecule has 7 nitrogen and oxygen atoms in total. The van der Waals surface area contributed by atoms with Crippen LogP contribution < -0.4 is 0 Å². The van der Waals surface area contributed by atoms with Crippen molar-refractivity contribution in [2.45, 2.75) is 38.7 Å². The van der Waals surface area contributed by atoms with E-state index in [9.17, 15) is 9.90 Å². The van der Waals surface area contributed by atoms with Gasteiger partial charge in [0.05, 0.1) is 18.2 Å². The summed E-state index contributed by atoms with van der Waals surface area (Å²) in [5.74, 6) is 0.383. The summed E-state index contributed by atoms with van der Waals surface area (Å²) in [6, 6.07) is 14.8. The van der Waals surface area contributed by atoms with E-state index in [0.29, 0.717) is 19.4 Å². The summed E-state index contributed by atoms with van der Waals surface area (Å²) in [6.45, 7) is 2.04. The Morgan fingerprint density at radius 3 is 2.83 bits per heavy atom. The van der Waals surface area contributed by atoms with Crippen LogP contribution in [0.4, 0.5) is 0 Å². The van der Waals surface area contributed by atoms with Gasteiger partial charge in [-0.25, -0.2) is 0 Å². The van der Waals surface area contributed by atoms with Crippen molar-refractivity contribution in [2.24, 2.45) is 5.92 Å². The molecule has 0 amide bonds. The molecule has 1 aliphatic rings. The monoisotopic (exact) mass is 407 g/mol. The zero-order valence-corrected chi connectivity index (χ0v) is 16.8. The maximum Gasteiger partial charge on any atom is 0.262 e. The number of ether oxygens (including phenoxy) is 2. The number of carbonyl (C=O) groups excluding carboxylic acids is 1. The molecular formula is C23H25N3O4. The predicted molar refractivity (Wildman–Crippen MR) is 112 cm³/mol. The Labute approximate surface area is 174 Å². The number of hydrogen-bond donors (Lipinski definition) is 1. The summed E-state index contributed by atoms with van der Waals surface area (Å²) in [4.78, 5) is 11.1. The first kappa shape index (κ1) is 20.3. The molecule has 30 heavy (non-hydrogen) atoms. The average Bonchev–Trinajstić information content (AvgIpc) is 3.18. The van der Waals surface area contributed by atoms with Crippen molar-refractivity contribution < 1.29 is 19.4 Å². The molecule has 3 aromatic rings. The van der Waals surface area contributed by atoms with Crippen LogP contribution in [0.1, 0.15) is 44.3 Å². The van der Waals surface area contributed by atoms with E-state index < -0.39 is 6.41 Å². The Hall–Kier alpha value is -3.03. The molecule has 0 aliphatic carbocycles. The molecule has 0 spiro atoms. The van der Waals surface area contributed by atoms with Crippen LogP contribution in [-0.2, 0) is 14.3 Å². The molecule has 0 radical (unpaired) electrons. The van der Waals surface area contributed by atoms with Crippen LogP contribution in [0, 0.1) is 5.92 Å². The SMILES string of the molecule is CC(=O)CC/C=C\C[C@@H]1CO[C@H](n2nnc3ccccc32)O[C@@H]1c1ccccc1O. The number of benzene rings is 2. The average molecular weight is 407 g/mol. The van der Waals surface area contributed by atoms with Gasteiger partial charge in [0.2, 0.25) is 0 Å². The van der Waals surface area contributed by atoms with E-state index in [-0.39, 0.29) is 23.6 Å². The number of allylic oxidation sites excluding steroid dienone is 2. The fourth-order valence-electron chi connectivity index (χ4n) is 3.66. The van der Waals surface area contributed by atoms with E-state index in [1.807, 2.05) is 42.5 Å². The first-order chi connectivity index (χ1) is 14.6. The number of nitrogens with zero attached hydrogens (tertiary/aromatic N) is 3. The number of rotatable bonds is 7. The minimum absolute atomic E-state index is 0.0120. The van der Waals surface area contributed by atoms with Gasteiger partial charge in [0, 0.05) is 17.9 Å². The summed E-state index contributed by atoms with van der Waals surface area (Å²) in [7, 11) is 0. The second kappa shape index (κ2) is 9.19. The van der Waals surface area contributed by atoms with Crippen molar-refractivity contribution >= 4 is 16.8 Å². The second-order valence-electron chi connectivity index (χ2n) is 7.49. The molecule has 2 heterocycles. The molecule has 3 atom stereocenters. The highest BCUT2D eigenvalue weighted by atomic mass is 16.7. The number of carbonyl (C=O) groups is 1. The zero-order valence-electron chi connectivity index (χ0n) is 16.8. The lowest BCUT2D eigenvalue weighted by molar-refractivity contribution is -0.280. The van der Waals surface area contributed by atoms with Gasteiger partial charge >= 0.3 is 0 Å². The fraction of sp³-hybridized carbons (Fsp3) is 0.348. The van der Waals surface area contributed by atoms with Gasteiger partial charge in [0.1, 0.15) is 17.0 Å². The third-order valence-corrected chi connectivity index (χ3v) is 5.23. The molecule has 4 rings (SSSR count). The molecule has 2 aromatic carbocycles. The number of phenolic OH excluding ortho intramolecular Hbond substituents is 1. The molecular weight excluding hydrogens is 382 g/mol. The molecule has 7 heteroatoms. The van der Waals surface area contributed by atoms with Gasteiger partial charge in [-0.2, -0.15) is 4.68 Å². The van der Waals surface area contributed by atoms with Gasteiger partial charge < -0.3 is 19.4 Å². The molecule has 1 N–H and O–H groups in total. The molecule has 1 aliphatic heterocycles. The maximum atomic E-state index is 11.1. The minimum atomic E-state index is -0.736. The van der Waals surface area contributed by atoms with Gasteiger partial charge in [-0.15, -0.1) is 5.10 Å². The molecule has 0 saturated carbocycles. The number of Topliss-reactive ketones (excluding diaryl/α,β-unsaturated/α-hetero) is 1. The number of aromatic nitrogens is 3. The van der Waals surface area contributed by atoms with Crippen molar-refractivity contribution in [1.82, 2.24) is 15.0 Å². The quantitative estimate of drug-likeness (QED) is 0.587. The van der Waals surface area contributed by atoms with Crippen molar-refractivity contribution in [3.8, 4) is 5.75 Å². The molecule has 1 saturated heterocycles. The molecule has 156 valence electrons. The number of ketones is 1.